The third-order valence-corrected chi connectivity index (χ3v) is 3.97. The van der Waals surface area contributed by atoms with Crippen molar-refractivity contribution in [2.45, 2.75) is 50.6 Å². The smallest absolute Gasteiger partial charge is 0.303 e. The summed E-state index contributed by atoms with van der Waals surface area (Å²) in [6.45, 7) is 3.13. The Balaban J connectivity index is 3.27. The number of rotatable bonds is 6. The maximum atomic E-state index is 11.4. The zero-order chi connectivity index (χ0) is 19.9. The lowest BCUT2D eigenvalue weighted by Crippen LogP contribution is -2.59. The predicted molar refractivity (Wildman–Crippen MR) is 88.8 cm³/mol. The molecule has 1 aliphatic heterocycles. The number of nitrogens with zero attached hydrogens (tertiary/aromatic N) is 3. The van der Waals surface area contributed by atoms with Crippen molar-refractivity contribution in [2.24, 2.45) is 10.8 Å². The molecule has 1 saturated heterocycles. The number of carbonyl (C=O) groups excluding carboxylic acids is 3. The molecule has 0 radical (unpaired) electrons. The molecule has 0 aromatic carbocycles. The van der Waals surface area contributed by atoms with Crippen molar-refractivity contribution >= 4 is 34.8 Å². The Morgan fingerprint density at radius 1 is 1.19 bits per heavy atom. The molecule has 0 unspecified atom stereocenters. The molecule has 3 N–H and O–H groups in total. The molecule has 0 aromatic rings. The first-order chi connectivity index (χ1) is 12.1. The van der Waals surface area contributed by atoms with E-state index < -0.39 is 47.7 Å². The summed E-state index contributed by atoms with van der Waals surface area (Å²) in [5.41, 5.74) is 13.2. The zero-order valence-electron chi connectivity index (χ0n) is 14.3. The highest BCUT2D eigenvalue weighted by molar-refractivity contribution is 8.14. The van der Waals surface area contributed by atoms with Crippen LogP contribution in [0.5, 0.6) is 0 Å². The quantitative estimate of drug-likeness (QED) is 0.124. The molecule has 12 nitrogen and oxygen atoms in total. The molecule has 1 fully saturated rings. The Hall–Kier alpha value is -2.50. The molecule has 1 rings (SSSR count). The summed E-state index contributed by atoms with van der Waals surface area (Å²) in [6, 6.07) is -1.18. The van der Waals surface area contributed by atoms with Gasteiger partial charge in [0.1, 0.15) is 36.4 Å². The van der Waals surface area contributed by atoms with Gasteiger partial charge in [-0.2, -0.15) is 0 Å². The van der Waals surface area contributed by atoms with Crippen molar-refractivity contribution in [3.63, 3.8) is 0 Å². The van der Waals surface area contributed by atoms with Gasteiger partial charge in [0.2, 0.25) is 0 Å². The van der Waals surface area contributed by atoms with Crippen LogP contribution in [0.3, 0.4) is 0 Å². The number of esters is 3. The van der Waals surface area contributed by atoms with Crippen molar-refractivity contribution in [2.75, 3.05) is 6.61 Å². The molecule has 0 aliphatic carbocycles. The van der Waals surface area contributed by atoms with Crippen LogP contribution >= 0.6 is 11.8 Å². The number of azide groups is 1. The summed E-state index contributed by atoms with van der Waals surface area (Å²) in [5.74, 6) is -2.01. The van der Waals surface area contributed by atoms with Crippen LogP contribution < -0.4 is 5.73 Å². The molecule has 13 heteroatoms. The lowest BCUT2D eigenvalue weighted by Gasteiger charge is -2.43. The zero-order valence-corrected chi connectivity index (χ0v) is 15.1. The van der Waals surface area contributed by atoms with E-state index in [1.165, 1.54) is 6.92 Å². The molecule has 0 bridgehead atoms. The van der Waals surface area contributed by atoms with Gasteiger partial charge in [0.15, 0.2) is 5.17 Å². The van der Waals surface area contributed by atoms with Gasteiger partial charge in [-0.05, 0) is 5.53 Å². The first kappa shape index (κ1) is 21.5. The molecular formula is C13H19N5O7S. The number of ether oxygens (including phenoxy) is 4. The number of hydrogen-bond donors (Lipinski definition) is 2. The minimum Gasteiger partial charge on any atom is -0.463 e. The first-order valence-electron chi connectivity index (χ1n) is 7.33. The normalized spacial score (nSPS) is 27.6. The number of thioether (sulfide) groups is 1. The van der Waals surface area contributed by atoms with Crippen LogP contribution in [0.15, 0.2) is 5.11 Å². The molecule has 0 spiro atoms. The van der Waals surface area contributed by atoms with E-state index in [0.717, 1.165) is 13.8 Å². The first-order valence-corrected chi connectivity index (χ1v) is 8.21. The topological polar surface area (TPSA) is 187 Å². The van der Waals surface area contributed by atoms with E-state index in [2.05, 4.69) is 10.0 Å². The summed E-state index contributed by atoms with van der Waals surface area (Å²) >= 11 is 0.711. The van der Waals surface area contributed by atoms with Crippen LogP contribution in [0.2, 0.25) is 0 Å². The van der Waals surface area contributed by atoms with E-state index in [4.69, 9.17) is 35.6 Å². The summed E-state index contributed by atoms with van der Waals surface area (Å²) in [5, 5.41) is 10.6. The predicted octanol–water partition coefficient (Wildman–Crippen LogP) is 0.443. The van der Waals surface area contributed by atoms with Crippen molar-refractivity contribution in [1.82, 2.24) is 0 Å². The van der Waals surface area contributed by atoms with E-state index >= 15 is 0 Å². The van der Waals surface area contributed by atoms with E-state index in [9.17, 15) is 14.4 Å². The largest absolute Gasteiger partial charge is 0.463 e. The van der Waals surface area contributed by atoms with Crippen LogP contribution in [-0.4, -0.2) is 59.5 Å². The summed E-state index contributed by atoms with van der Waals surface area (Å²) in [4.78, 5) is 36.7. The fourth-order valence-electron chi connectivity index (χ4n) is 2.29. The van der Waals surface area contributed by atoms with Crippen LogP contribution in [0.25, 0.3) is 10.4 Å². The number of amidine groups is 1. The number of carbonyl (C=O) groups is 3. The molecule has 0 amide bonds. The van der Waals surface area contributed by atoms with Gasteiger partial charge in [0.05, 0.1) is 0 Å². The standard InChI is InChI=1S/C13H19N5O7S/c1-5(19)22-4-8-10(23-6(2)20)9(17-18-16)11(24-7(3)21)12(25-8)26-13(14)15/h8-12H,4H2,1-3H3,(H3,14,15)/t8-,9+,10+,11-,12+/m1/s1. The van der Waals surface area contributed by atoms with Gasteiger partial charge in [-0.15, -0.1) is 0 Å². The number of hydrogen-bond acceptors (Lipinski definition) is 10. The maximum absolute atomic E-state index is 11.4. The van der Waals surface area contributed by atoms with Crippen molar-refractivity contribution in [1.29, 1.82) is 5.41 Å². The highest BCUT2D eigenvalue weighted by atomic mass is 32.2. The Bertz CT molecular complexity index is 624. The van der Waals surface area contributed by atoms with Crippen molar-refractivity contribution in [3.05, 3.63) is 10.4 Å². The van der Waals surface area contributed by atoms with E-state index in [-0.39, 0.29) is 11.8 Å². The summed E-state index contributed by atoms with van der Waals surface area (Å²) in [7, 11) is 0. The lowest BCUT2D eigenvalue weighted by molar-refractivity contribution is -0.200. The molecule has 1 aliphatic rings. The van der Waals surface area contributed by atoms with Crippen LogP contribution in [-0.2, 0) is 33.3 Å². The summed E-state index contributed by atoms with van der Waals surface area (Å²) < 4.78 is 20.9. The van der Waals surface area contributed by atoms with E-state index in [1.807, 2.05) is 0 Å². The Morgan fingerprint density at radius 2 is 1.77 bits per heavy atom. The fourth-order valence-corrected chi connectivity index (χ4v) is 3.09. The minimum atomic E-state index is -1.18. The van der Waals surface area contributed by atoms with Gasteiger partial charge in [-0.25, -0.2) is 0 Å². The molecule has 0 aromatic heterocycles. The van der Waals surface area contributed by atoms with Gasteiger partial charge in [-0.1, -0.05) is 16.9 Å². The van der Waals surface area contributed by atoms with Crippen molar-refractivity contribution < 1.29 is 33.3 Å². The molecule has 5 atom stereocenters. The Morgan fingerprint density at radius 3 is 2.23 bits per heavy atom. The molecule has 26 heavy (non-hydrogen) atoms. The van der Waals surface area contributed by atoms with Crippen LogP contribution in [0, 0.1) is 5.41 Å². The highest BCUT2D eigenvalue weighted by Gasteiger charge is 2.50. The van der Waals surface area contributed by atoms with Gasteiger partial charge < -0.3 is 24.7 Å². The monoisotopic (exact) mass is 389 g/mol. The van der Waals surface area contributed by atoms with Crippen LogP contribution in [0.1, 0.15) is 20.8 Å². The van der Waals surface area contributed by atoms with Crippen LogP contribution in [0.4, 0.5) is 0 Å². The third kappa shape index (κ3) is 6.43. The third-order valence-electron chi connectivity index (χ3n) is 3.10. The van der Waals surface area contributed by atoms with Gasteiger partial charge in [0, 0.05) is 25.7 Å². The van der Waals surface area contributed by atoms with Gasteiger partial charge in [-0.3, -0.25) is 19.8 Å². The molecule has 0 saturated carbocycles. The average Bonchev–Trinajstić information content (AvgIpc) is 2.50. The second-order valence-electron chi connectivity index (χ2n) is 5.17. The second kappa shape index (κ2) is 9.85. The van der Waals surface area contributed by atoms with Gasteiger partial charge in [0.25, 0.3) is 0 Å². The SMILES string of the molecule is CC(=O)OC[C@H]1O[C@@H](SC(=N)N)[C@H](OC(C)=O)[C@@H](N=[N+]=[N-])[C@H]1OC(C)=O. The lowest BCUT2D eigenvalue weighted by atomic mass is 9.97. The van der Waals surface area contributed by atoms with Crippen molar-refractivity contribution in [3.8, 4) is 0 Å². The van der Waals surface area contributed by atoms with E-state index in [0.29, 0.717) is 11.8 Å². The second-order valence-corrected chi connectivity index (χ2v) is 6.31. The molecular weight excluding hydrogens is 370 g/mol. The number of nitrogens with one attached hydrogen (secondary N) is 1. The molecule has 1 heterocycles. The van der Waals surface area contributed by atoms with E-state index in [1.54, 1.807) is 0 Å². The Labute approximate surface area is 152 Å². The van der Waals surface area contributed by atoms with Gasteiger partial charge >= 0.3 is 17.9 Å². The fraction of sp³-hybridized carbons (Fsp3) is 0.692. The Kier molecular flexibility index (Phi) is 8.16. The maximum Gasteiger partial charge on any atom is 0.303 e. The minimum absolute atomic E-state index is 0.313. The summed E-state index contributed by atoms with van der Waals surface area (Å²) in [6.07, 6.45) is -3.40. The number of nitrogens with two attached hydrogens (primary N) is 1. The average molecular weight is 389 g/mol. The molecule has 144 valence electrons. The highest BCUT2D eigenvalue weighted by Crippen LogP contribution is 2.34.